The van der Waals surface area contributed by atoms with Crippen LogP contribution in [0.2, 0.25) is 0 Å². The van der Waals surface area contributed by atoms with Crippen molar-refractivity contribution in [1.82, 2.24) is 25.6 Å². The monoisotopic (exact) mass is 329 g/mol. The van der Waals surface area contributed by atoms with Crippen LogP contribution in [0.25, 0.3) is 11.3 Å². The van der Waals surface area contributed by atoms with Gasteiger partial charge < -0.3 is 26.2 Å². The summed E-state index contributed by atoms with van der Waals surface area (Å²) < 4.78 is 0. The van der Waals surface area contributed by atoms with Crippen LogP contribution in [-0.2, 0) is 4.79 Å². The zero-order chi connectivity index (χ0) is 17.3. The van der Waals surface area contributed by atoms with Crippen LogP contribution >= 0.6 is 0 Å². The quantitative estimate of drug-likeness (QED) is 0.378. The van der Waals surface area contributed by atoms with E-state index in [1.807, 2.05) is 0 Å². The second-order valence-electron chi connectivity index (χ2n) is 5.06. The van der Waals surface area contributed by atoms with Crippen LogP contribution in [0.4, 0.5) is 5.69 Å². The summed E-state index contributed by atoms with van der Waals surface area (Å²) >= 11 is 0. The van der Waals surface area contributed by atoms with Gasteiger partial charge in [0.15, 0.2) is 0 Å². The van der Waals surface area contributed by atoms with Crippen molar-refractivity contribution in [3.05, 3.63) is 41.9 Å². The molecule has 0 saturated heterocycles. The van der Waals surface area contributed by atoms with Crippen LogP contribution in [0.5, 0.6) is 0 Å². The van der Waals surface area contributed by atoms with Crippen LogP contribution in [0.1, 0.15) is 0 Å². The molecular formula is C14H15N7O3. The normalized spacial score (nSPS) is 18.8. The zero-order valence-corrected chi connectivity index (χ0v) is 12.6. The van der Waals surface area contributed by atoms with E-state index in [2.05, 4.69) is 25.7 Å². The lowest BCUT2D eigenvalue weighted by atomic mass is 10.1. The minimum Gasteiger partial charge on any atom is -0.494 e. The summed E-state index contributed by atoms with van der Waals surface area (Å²) in [4.78, 5) is 17.1. The van der Waals surface area contributed by atoms with Gasteiger partial charge in [0.25, 0.3) is 5.91 Å². The van der Waals surface area contributed by atoms with Crippen molar-refractivity contribution in [1.29, 1.82) is 0 Å². The largest absolute Gasteiger partial charge is 0.494 e. The molecule has 1 unspecified atom stereocenters. The van der Waals surface area contributed by atoms with Gasteiger partial charge in [0.1, 0.15) is 17.1 Å². The molecule has 1 aromatic carbocycles. The van der Waals surface area contributed by atoms with E-state index in [4.69, 9.17) is 5.73 Å². The van der Waals surface area contributed by atoms with Crippen molar-refractivity contribution in [2.75, 3.05) is 7.05 Å². The molecular weight excluding hydrogens is 314 g/mol. The number of nitrogens with zero attached hydrogens (tertiary/aromatic N) is 4. The van der Waals surface area contributed by atoms with Gasteiger partial charge in [-0.1, -0.05) is 12.1 Å². The molecule has 10 nitrogen and oxygen atoms in total. The van der Waals surface area contributed by atoms with Gasteiger partial charge in [-0.15, -0.1) is 0 Å². The highest BCUT2D eigenvalue weighted by Gasteiger charge is 2.31. The Labute approximate surface area is 136 Å². The second-order valence-corrected chi connectivity index (χ2v) is 5.06. The van der Waals surface area contributed by atoms with Gasteiger partial charge in [0.05, 0.1) is 11.9 Å². The van der Waals surface area contributed by atoms with Crippen molar-refractivity contribution < 1.29 is 15.0 Å². The number of aromatic amines is 1. The number of amidine groups is 1. The number of hydrogen-bond acceptors (Lipinski definition) is 7. The fourth-order valence-corrected chi connectivity index (χ4v) is 2.15. The van der Waals surface area contributed by atoms with Crippen LogP contribution in [0, 0.1) is 0 Å². The molecule has 0 fully saturated rings. The third-order valence-electron chi connectivity index (χ3n) is 3.50. The number of carbonyl (C=O) groups excluding carboxylic acids is 1. The maximum atomic E-state index is 11.9. The SMILES string of the molecule is CN1C(O)=C(C(N)=Nc2ccc(-c3cn[nH]n3)cc2)C(=O)NC1O. The number of nitrogens with two attached hydrogens (primary N) is 1. The zero-order valence-electron chi connectivity index (χ0n) is 12.6. The van der Waals surface area contributed by atoms with Gasteiger partial charge in [0, 0.05) is 12.6 Å². The first-order valence-electron chi connectivity index (χ1n) is 6.93. The summed E-state index contributed by atoms with van der Waals surface area (Å²) in [6.45, 7) is 0. The van der Waals surface area contributed by atoms with E-state index in [-0.39, 0.29) is 11.4 Å². The first-order valence-corrected chi connectivity index (χ1v) is 6.93. The van der Waals surface area contributed by atoms with Crippen molar-refractivity contribution >= 4 is 17.4 Å². The predicted molar refractivity (Wildman–Crippen MR) is 84.7 cm³/mol. The molecule has 0 radical (unpaired) electrons. The number of benzene rings is 1. The number of rotatable bonds is 3. The molecule has 0 spiro atoms. The van der Waals surface area contributed by atoms with Crippen LogP contribution in [0.3, 0.4) is 0 Å². The van der Waals surface area contributed by atoms with Crippen LogP contribution < -0.4 is 11.1 Å². The Balaban J connectivity index is 1.89. The summed E-state index contributed by atoms with van der Waals surface area (Å²) in [6, 6.07) is 6.92. The van der Waals surface area contributed by atoms with E-state index >= 15 is 0 Å². The van der Waals surface area contributed by atoms with Crippen molar-refractivity contribution in [3.8, 4) is 11.3 Å². The molecule has 0 bridgehead atoms. The Kier molecular flexibility index (Phi) is 3.88. The number of H-pyrrole nitrogens is 1. The molecule has 1 aromatic heterocycles. The summed E-state index contributed by atoms with van der Waals surface area (Å²) in [5, 5.41) is 32.0. The molecule has 24 heavy (non-hydrogen) atoms. The van der Waals surface area contributed by atoms with E-state index in [1.165, 1.54) is 7.05 Å². The van der Waals surface area contributed by atoms with Gasteiger partial charge in [-0.05, 0) is 12.1 Å². The Morgan fingerprint density at radius 2 is 2.08 bits per heavy atom. The number of hydrogen-bond donors (Lipinski definition) is 5. The Bertz CT molecular complexity index is 811. The van der Waals surface area contributed by atoms with E-state index in [1.54, 1.807) is 30.5 Å². The van der Waals surface area contributed by atoms with Gasteiger partial charge in [-0.2, -0.15) is 15.4 Å². The van der Waals surface area contributed by atoms with Crippen molar-refractivity contribution in [2.24, 2.45) is 10.7 Å². The summed E-state index contributed by atoms with van der Waals surface area (Å²) in [7, 11) is 1.40. The number of aliphatic hydroxyl groups is 2. The fourth-order valence-electron chi connectivity index (χ4n) is 2.15. The highest BCUT2D eigenvalue weighted by molar-refractivity contribution is 6.21. The Morgan fingerprint density at radius 1 is 1.38 bits per heavy atom. The van der Waals surface area contributed by atoms with Gasteiger partial charge in [-0.25, -0.2) is 4.99 Å². The third kappa shape index (κ3) is 2.77. The lowest BCUT2D eigenvalue weighted by molar-refractivity contribution is -0.127. The molecule has 6 N–H and O–H groups in total. The third-order valence-corrected chi connectivity index (χ3v) is 3.50. The standard InChI is InChI=1S/C14H15N7O3/c1-21-13(23)10(12(22)18-14(21)24)11(15)17-8-4-2-7(3-5-8)9-6-16-20-19-9/h2-6,14,23-24H,1H3,(H2,15,17)(H,18,22)(H,16,19,20). The molecule has 2 heterocycles. The summed E-state index contributed by atoms with van der Waals surface area (Å²) in [6.07, 6.45) is 0.263. The average molecular weight is 329 g/mol. The molecule has 3 rings (SSSR count). The van der Waals surface area contributed by atoms with E-state index in [0.717, 1.165) is 10.5 Å². The first-order chi connectivity index (χ1) is 11.5. The minimum atomic E-state index is -1.32. The minimum absolute atomic E-state index is 0.169. The predicted octanol–water partition coefficient (Wildman–Crippen LogP) is -0.432. The molecule has 2 aromatic rings. The van der Waals surface area contributed by atoms with E-state index in [9.17, 15) is 15.0 Å². The van der Waals surface area contributed by atoms with Gasteiger partial charge >= 0.3 is 0 Å². The Morgan fingerprint density at radius 3 is 2.71 bits per heavy atom. The van der Waals surface area contributed by atoms with Crippen molar-refractivity contribution in [3.63, 3.8) is 0 Å². The highest BCUT2D eigenvalue weighted by Crippen LogP contribution is 2.21. The number of aliphatic hydroxyl groups excluding tert-OH is 2. The molecule has 1 aliphatic heterocycles. The number of aromatic nitrogens is 3. The molecule has 124 valence electrons. The molecule has 1 atom stereocenters. The summed E-state index contributed by atoms with van der Waals surface area (Å²) in [5.41, 5.74) is 7.64. The lowest BCUT2D eigenvalue weighted by Gasteiger charge is -2.30. The van der Waals surface area contributed by atoms with Crippen LogP contribution in [0.15, 0.2) is 46.9 Å². The number of amides is 1. The molecule has 10 heteroatoms. The smallest absolute Gasteiger partial charge is 0.263 e. The molecule has 0 aliphatic carbocycles. The molecule has 1 amide bonds. The topological polar surface area (TPSA) is 153 Å². The van der Waals surface area contributed by atoms with Gasteiger partial charge in [-0.3, -0.25) is 4.79 Å². The average Bonchev–Trinajstić information content (AvgIpc) is 3.08. The summed E-state index contributed by atoms with van der Waals surface area (Å²) in [5.74, 6) is -1.33. The van der Waals surface area contributed by atoms with E-state index in [0.29, 0.717) is 11.4 Å². The highest BCUT2D eigenvalue weighted by atomic mass is 16.3. The van der Waals surface area contributed by atoms with Crippen molar-refractivity contribution in [2.45, 2.75) is 6.35 Å². The molecule has 1 aliphatic rings. The fraction of sp³-hybridized carbons (Fsp3) is 0.143. The number of carbonyl (C=O) groups is 1. The first kappa shape index (κ1) is 15.5. The van der Waals surface area contributed by atoms with Crippen LogP contribution in [-0.4, -0.2) is 55.7 Å². The maximum Gasteiger partial charge on any atom is 0.263 e. The second kappa shape index (κ2) is 6.01. The number of nitrogens with one attached hydrogen (secondary N) is 2. The van der Waals surface area contributed by atoms with Gasteiger partial charge in [0.2, 0.25) is 12.2 Å². The lowest BCUT2D eigenvalue weighted by Crippen LogP contribution is -2.53. The van der Waals surface area contributed by atoms with E-state index < -0.39 is 18.1 Å². The molecule has 0 saturated carbocycles. The number of aliphatic imine (C=N–C) groups is 1. The maximum absolute atomic E-state index is 11.9. The Hall–Kier alpha value is -3.40.